The molecule has 1 amide bonds. The smallest absolute Gasteiger partial charge is 0.215 e. The second-order valence-electron chi connectivity index (χ2n) is 5.21. The first-order valence-electron chi connectivity index (χ1n) is 7.00. The zero-order valence-electron chi connectivity index (χ0n) is 11.4. The third-order valence-corrected chi connectivity index (χ3v) is 3.76. The van der Waals surface area contributed by atoms with Gasteiger partial charge in [0.1, 0.15) is 5.82 Å². The maximum atomic E-state index is 11.3. The average molecular weight is 278 g/mol. The third kappa shape index (κ3) is 2.07. The lowest BCUT2D eigenvalue weighted by molar-refractivity contribution is -0.107. The number of hydrogen-bond donors (Lipinski definition) is 0. The molecule has 1 aliphatic rings. The number of fused-ring (bicyclic) bond motifs is 1. The Balaban J connectivity index is 1.80. The number of rotatable bonds is 4. The van der Waals surface area contributed by atoms with E-state index in [2.05, 4.69) is 10.1 Å². The molecule has 0 atom stereocenters. The number of carbonyl (C=O) groups excluding carboxylic acids is 1. The van der Waals surface area contributed by atoms with Gasteiger partial charge in [-0.25, -0.2) is 9.50 Å². The monoisotopic (exact) mass is 278 g/mol. The molecule has 3 aromatic rings. The minimum atomic E-state index is 0.314. The van der Waals surface area contributed by atoms with Crippen LogP contribution in [0.5, 0.6) is 0 Å². The van der Waals surface area contributed by atoms with Gasteiger partial charge in [0.15, 0.2) is 0 Å². The van der Waals surface area contributed by atoms with E-state index in [0.717, 1.165) is 36.0 Å². The summed E-state index contributed by atoms with van der Waals surface area (Å²) in [4.78, 5) is 17.6. The van der Waals surface area contributed by atoms with Crippen LogP contribution in [0.4, 0.5) is 5.82 Å². The Morgan fingerprint density at radius 3 is 2.90 bits per heavy atom. The number of aromatic nitrogens is 3. The molecule has 0 bridgehead atoms. The van der Waals surface area contributed by atoms with Gasteiger partial charge in [0.2, 0.25) is 6.41 Å². The van der Waals surface area contributed by atoms with Crippen molar-refractivity contribution in [2.24, 2.45) is 0 Å². The van der Waals surface area contributed by atoms with E-state index in [0.29, 0.717) is 11.9 Å². The Morgan fingerprint density at radius 2 is 2.10 bits per heavy atom. The van der Waals surface area contributed by atoms with Crippen molar-refractivity contribution in [3.63, 3.8) is 0 Å². The summed E-state index contributed by atoms with van der Waals surface area (Å²) >= 11 is 0. The lowest BCUT2D eigenvalue weighted by Crippen LogP contribution is -2.24. The van der Waals surface area contributed by atoms with E-state index in [1.54, 1.807) is 4.90 Å². The Labute approximate surface area is 121 Å². The molecule has 0 N–H and O–H groups in total. The highest BCUT2D eigenvalue weighted by molar-refractivity contribution is 5.80. The number of pyridine rings is 2. The van der Waals surface area contributed by atoms with Crippen LogP contribution in [0.15, 0.2) is 48.8 Å². The summed E-state index contributed by atoms with van der Waals surface area (Å²) in [6.07, 6.45) is 6.71. The van der Waals surface area contributed by atoms with Gasteiger partial charge < -0.3 is 0 Å². The van der Waals surface area contributed by atoms with Gasteiger partial charge in [0.25, 0.3) is 0 Å². The highest BCUT2D eigenvalue weighted by Gasteiger charge is 2.30. The van der Waals surface area contributed by atoms with Crippen LogP contribution >= 0.6 is 0 Å². The van der Waals surface area contributed by atoms with Gasteiger partial charge in [-0.2, -0.15) is 5.10 Å². The highest BCUT2D eigenvalue weighted by Crippen LogP contribution is 2.31. The van der Waals surface area contributed by atoms with Gasteiger partial charge >= 0.3 is 0 Å². The van der Waals surface area contributed by atoms with E-state index in [9.17, 15) is 4.79 Å². The minimum Gasteiger partial charge on any atom is -0.296 e. The zero-order valence-corrected chi connectivity index (χ0v) is 11.4. The lowest BCUT2D eigenvalue weighted by atomic mass is 10.2. The first kappa shape index (κ1) is 12.1. The molecule has 1 aliphatic carbocycles. The summed E-state index contributed by atoms with van der Waals surface area (Å²) < 4.78 is 1.82. The Bertz CT molecular complexity index is 807. The maximum Gasteiger partial charge on any atom is 0.215 e. The van der Waals surface area contributed by atoms with Crippen LogP contribution < -0.4 is 4.90 Å². The van der Waals surface area contributed by atoms with Crippen molar-refractivity contribution < 1.29 is 4.79 Å². The average Bonchev–Trinajstić information content (AvgIpc) is 3.27. The van der Waals surface area contributed by atoms with Crippen molar-refractivity contribution >= 4 is 17.7 Å². The van der Waals surface area contributed by atoms with Gasteiger partial charge in [0, 0.05) is 17.8 Å². The molecule has 3 aromatic heterocycles. The lowest BCUT2D eigenvalue weighted by Gasteiger charge is -2.15. The summed E-state index contributed by atoms with van der Waals surface area (Å²) in [5.41, 5.74) is 2.81. The zero-order chi connectivity index (χ0) is 14.2. The molecule has 21 heavy (non-hydrogen) atoms. The van der Waals surface area contributed by atoms with E-state index in [1.807, 2.05) is 53.3 Å². The van der Waals surface area contributed by atoms with Crippen molar-refractivity contribution in [2.75, 3.05) is 4.90 Å². The van der Waals surface area contributed by atoms with Gasteiger partial charge in [-0.05, 0) is 37.1 Å². The van der Waals surface area contributed by atoms with Gasteiger partial charge in [0.05, 0.1) is 17.4 Å². The molecule has 104 valence electrons. The molecule has 3 heterocycles. The number of nitrogens with zero attached hydrogens (tertiary/aromatic N) is 4. The van der Waals surface area contributed by atoms with Crippen molar-refractivity contribution in [3.05, 3.63) is 48.8 Å². The summed E-state index contributed by atoms with van der Waals surface area (Å²) in [5.74, 6) is 0.709. The molecule has 5 heteroatoms. The molecule has 0 unspecified atom stereocenters. The normalized spacial score (nSPS) is 14.3. The minimum absolute atomic E-state index is 0.314. The molecule has 1 fully saturated rings. The van der Waals surface area contributed by atoms with Gasteiger partial charge in [-0.1, -0.05) is 12.1 Å². The second-order valence-corrected chi connectivity index (χ2v) is 5.21. The number of anilines is 1. The fourth-order valence-electron chi connectivity index (χ4n) is 2.53. The molecule has 0 saturated heterocycles. The van der Waals surface area contributed by atoms with E-state index in [4.69, 9.17) is 0 Å². The van der Waals surface area contributed by atoms with Crippen molar-refractivity contribution in [2.45, 2.75) is 18.9 Å². The van der Waals surface area contributed by atoms with Crippen LogP contribution in [0.2, 0.25) is 0 Å². The Kier molecular flexibility index (Phi) is 2.70. The fraction of sp³-hybridized carbons (Fsp3) is 0.188. The van der Waals surface area contributed by atoms with E-state index < -0.39 is 0 Å². The van der Waals surface area contributed by atoms with Crippen molar-refractivity contribution in [3.8, 4) is 11.3 Å². The predicted molar refractivity (Wildman–Crippen MR) is 80.0 cm³/mol. The topological polar surface area (TPSA) is 50.5 Å². The molecule has 0 radical (unpaired) electrons. The molecule has 4 rings (SSSR count). The first-order valence-corrected chi connectivity index (χ1v) is 7.00. The van der Waals surface area contributed by atoms with Crippen molar-refractivity contribution in [1.29, 1.82) is 0 Å². The molecular formula is C16H14N4O. The van der Waals surface area contributed by atoms with Gasteiger partial charge in [-0.3, -0.25) is 9.69 Å². The van der Waals surface area contributed by atoms with E-state index in [-0.39, 0.29) is 0 Å². The van der Waals surface area contributed by atoms with Gasteiger partial charge in [-0.15, -0.1) is 0 Å². The van der Waals surface area contributed by atoms with E-state index in [1.165, 1.54) is 0 Å². The van der Waals surface area contributed by atoms with Crippen LogP contribution in [0, 0.1) is 0 Å². The highest BCUT2D eigenvalue weighted by atomic mass is 16.1. The second kappa shape index (κ2) is 4.70. The molecular weight excluding hydrogens is 264 g/mol. The van der Waals surface area contributed by atoms with Crippen LogP contribution in [-0.2, 0) is 4.79 Å². The van der Waals surface area contributed by atoms with E-state index >= 15 is 0 Å². The standard InChI is InChI=1S/C16H14N4O/c21-11-19(12-7-8-12)16-6-3-4-14(18-16)13-10-17-20-9-2-1-5-15(13)20/h1-6,9-12H,7-8H2. The maximum absolute atomic E-state index is 11.3. The summed E-state index contributed by atoms with van der Waals surface area (Å²) in [6.45, 7) is 0. The van der Waals surface area contributed by atoms with Crippen LogP contribution in [0.1, 0.15) is 12.8 Å². The summed E-state index contributed by atoms with van der Waals surface area (Å²) in [5, 5.41) is 4.33. The first-order chi connectivity index (χ1) is 10.4. The Hall–Kier alpha value is -2.69. The SMILES string of the molecule is O=CN(c1cccc(-c2cnn3ccccc23)n1)C1CC1. The number of hydrogen-bond acceptors (Lipinski definition) is 3. The number of carbonyl (C=O) groups is 1. The number of amides is 1. The largest absolute Gasteiger partial charge is 0.296 e. The molecule has 0 aliphatic heterocycles. The summed E-state index contributed by atoms with van der Waals surface area (Å²) in [6, 6.07) is 12.0. The fourth-order valence-corrected chi connectivity index (χ4v) is 2.53. The predicted octanol–water partition coefficient (Wildman–Crippen LogP) is 2.52. The molecule has 5 nitrogen and oxygen atoms in total. The third-order valence-electron chi connectivity index (χ3n) is 3.76. The van der Waals surface area contributed by atoms with Crippen LogP contribution in [0.25, 0.3) is 16.8 Å². The Morgan fingerprint density at radius 1 is 1.19 bits per heavy atom. The molecule has 0 spiro atoms. The molecule has 1 saturated carbocycles. The summed E-state index contributed by atoms with van der Waals surface area (Å²) in [7, 11) is 0. The van der Waals surface area contributed by atoms with Crippen LogP contribution in [-0.4, -0.2) is 27.0 Å². The van der Waals surface area contributed by atoms with Crippen molar-refractivity contribution in [1.82, 2.24) is 14.6 Å². The molecule has 0 aromatic carbocycles. The quantitative estimate of drug-likeness (QED) is 0.689. The van der Waals surface area contributed by atoms with Crippen LogP contribution in [0.3, 0.4) is 0 Å².